The predicted octanol–water partition coefficient (Wildman–Crippen LogP) is 3.16. The van der Waals surface area contributed by atoms with Crippen molar-refractivity contribution in [1.29, 1.82) is 0 Å². The Morgan fingerprint density at radius 3 is 2.89 bits per heavy atom. The van der Waals surface area contributed by atoms with Gasteiger partial charge in [0.25, 0.3) is 0 Å². The molecule has 0 radical (unpaired) electrons. The molecule has 1 aliphatic carbocycles. The van der Waals surface area contributed by atoms with Gasteiger partial charge in [-0.1, -0.05) is 6.07 Å². The van der Waals surface area contributed by atoms with E-state index in [-0.39, 0.29) is 11.9 Å². The lowest BCUT2D eigenvalue weighted by atomic mass is 10.1. The Morgan fingerprint density at radius 1 is 1.44 bits per heavy atom. The van der Waals surface area contributed by atoms with Crippen molar-refractivity contribution in [2.24, 2.45) is 18.0 Å². The summed E-state index contributed by atoms with van der Waals surface area (Å²) in [7, 11) is 1.88. The topological polar surface area (TPSA) is 63.5 Å². The van der Waals surface area contributed by atoms with Crippen LogP contribution in [0.2, 0.25) is 0 Å². The largest absolute Gasteiger partial charge is 0.490 e. The van der Waals surface area contributed by atoms with E-state index in [1.165, 1.54) is 18.9 Å². The van der Waals surface area contributed by atoms with Crippen LogP contribution in [0.25, 0.3) is 0 Å². The summed E-state index contributed by atoms with van der Waals surface area (Å²) < 4.78 is 21.6. The molecule has 7 heteroatoms. The lowest BCUT2D eigenvalue weighted by Crippen LogP contribution is -2.38. The summed E-state index contributed by atoms with van der Waals surface area (Å²) in [5, 5.41) is 10.7. The Morgan fingerprint density at radius 2 is 2.26 bits per heavy atom. The molecule has 1 fully saturated rings. The molecule has 2 aromatic rings. The minimum atomic E-state index is -0.320. The zero-order valence-corrected chi connectivity index (χ0v) is 16.2. The monoisotopic (exact) mass is 373 g/mol. The number of aliphatic imine (C=N–C) groups is 1. The summed E-state index contributed by atoms with van der Waals surface area (Å²) in [4.78, 5) is 4.58. The summed E-state index contributed by atoms with van der Waals surface area (Å²) in [6.07, 6.45) is 6.11. The van der Waals surface area contributed by atoms with Gasteiger partial charge in [0.05, 0.1) is 25.4 Å². The maximum absolute atomic E-state index is 14.3. The van der Waals surface area contributed by atoms with Crippen molar-refractivity contribution >= 4 is 5.96 Å². The number of aryl methyl sites for hydroxylation is 1. The second kappa shape index (κ2) is 8.88. The molecule has 1 aromatic carbocycles. The fourth-order valence-electron chi connectivity index (χ4n) is 2.73. The van der Waals surface area contributed by atoms with Crippen molar-refractivity contribution in [3.05, 3.63) is 47.5 Å². The molecular formula is C20H28FN5O. The van der Waals surface area contributed by atoms with Gasteiger partial charge in [0, 0.05) is 25.4 Å². The van der Waals surface area contributed by atoms with Crippen molar-refractivity contribution in [3.63, 3.8) is 0 Å². The van der Waals surface area contributed by atoms with Gasteiger partial charge in [0.15, 0.2) is 17.5 Å². The van der Waals surface area contributed by atoms with Crippen LogP contribution in [-0.2, 0) is 13.6 Å². The van der Waals surface area contributed by atoms with E-state index in [0.29, 0.717) is 30.8 Å². The molecular weight excluding hydrogens is 345 g/mol. The Hall–Kier alpha value is -2.57. The number of nitrogens with zero attached hydrogens (tertiary/aromatic N) is 3. The summed E-state index contributed by atoms with van der Waals surface area (Å²) in [5.41, 5.74) is 1.88. The zero-order chi connectivity index (χ0) is 19.2. The SMILES string of the molecule is CCNC(=NCc1cnn(C)c1)NC(C)c1ccc(OCC2CC2)c(F)c1. The third-order valence-corrected chi connectivity index (χ3v) is 4.50. The average Bonchev–Trinajstić information content (AvgIpc) is 3.38. The minimum absolute atomic E-state index is 0.0938. The van der Waals surface area contributed by atoms with Crippen LogP contribution < -0.4 is 15.4 Å². The summed E-state index contributed by atoms with van der Waals surface area (Å²) in [6.45, 7) is 5.87. The van der Waals surface area contributed by atoms with Crippen LogP contribution in [0.3, 0.4) is 0 Å². The number of guanidine groups is 1. The fourth-order valence-corrected chi connectivity index (χ4v) is 2.73. The highest BCUT2D eigenvalue weighted by Gasteiger charge is 2.22. The molecule has 1 aliphatic rings. The maximum Gasteiger partial charge on any atom is 0.192 e. The van der Waals surface area contributed by atoms with Gasteiger partial charge in [-0.25, -0.2) is 9.38 Å². The number of hydrogen-bond acceptors (Lipinski definition) is 3. The van der Waals surface area contributed by atoms with Crippen LogP contribution in [-0.4, -0.2) is 28.9 Å². The third kappa shape index (κ3) is 5.70. The standard InChI is InChI=1S/C20H28FN5O/c1-4-22-20(23-10-16-11-24-26(3)12-16)25-14(2)17-7-8-19(18(21)9-17)27-13-15-5-6-15/h7-9,11-12,14-15H,4-6,10,13H2,1-3H3,(H2,22,23,25). The van der Waals surface area contributed by atoms with Crippen LogP contribution in [0.1, 0.15) is 43.9 Å². The van der Waals surface area contributed by atoms with Crippen LogP contribution in [0.4, 0.5) is 4.39 Å². The summed E-state index contributed by atoms with van der Waals surface area (Å²) in [6, 6.07) is 5.05. The third-order valence-electron chi connectivity index (χ3n) is 4.50. The number of halogens is 1. The summed E-state index contributed by atoms with van der Waals surface area (Å²) >= 11 is 0. The first-order valence-electron chi connectivity index (χ1n) is 9.49. The van der Waals surface area contributed by atoms with Crippen molar-refractivity contribution < 1.29 is 9.13 Å². The van der Waals surface area contributed by atoms with Crippen LogP contribution >= 0.6 is 0 Å². The molecule has 1 atom stereocenters. The molecule has 146 valence electrons. The molecule has 2 N–H and O–H groups in total. The van der Waals surface area contributed by atoms with Crippen LogP contribution in [0, 0.1) is 11.7 Å². The smallest absolute Gasteiger partial charge is 0.192 e. The Balaban J connectivity index is 1.61. The van der Waals surface area contributed by atoms with Gasteiger partial charge in [0.2, 0.25) is 0 Å². The van der Waals surface area contributed by atoms with Gasteiger partial charge in [-0.2, -0.15) is 5.10 Å². The number of ether oxygens (including phenoxy) is 1. The van der Waals surface area contributed by atoms with Crippen molar-refractivity contribution in [2.75, 3.05) is 13.2 Å². The molecule has 1 unspecified atom stereocenters. The van der Waals surface area contributed by atoms with Crippen molar-refractivity contribution in [3.8, 4) is 5.75 Å². The number of benzene rings is 1. The number of rotatable bonds is 8. The van der Waals surface area contributed by atoms with E-state index in [1.54, 1.807) is 16.9 Å². The van der Waals surface area contributed by atoms with Crippen LogP contribution in [0.5, 0.6) is 5.75 Å². The normalized spacial score (nSPS) is 15.5. The lowest BCUT2D eigenvalue weighted by molar-refractivity contribution is 0.285. The van der Waals surface area contributed by atoms with Gasteiger partial charge in [-0.15, -0.1) is 0 Å². The highest BCUT2D eigenvalue weighted by Crippen LogP contribution is 2.30. The van der Waals surface area contributed by atoms with E-state index in [2.05, 4.69) is 20.7 Å². The van der Waals surface area contributed by atoms with E-state index in [9.17, 15) is 4.39 Å². The highest BCUT2D eigenvalue weighted by molar-refractivity contribution is 5.80. The van der Waals surface area contributed by atoms with Gasteiger partial charge in [-0.05, 0) is 50.3 Å². The molecule has 6 nitrogen and oxygen atoms in total. The van der Waals surface area contributed by atoms with Gasteiger partial charge < -0.3 is 15.4 Å². The van der Waals surface area contributed by atoms with Gasteiger partial charge >= 0.3 is 0 Å². The first-order chi connectivity index (χ1) is 13.0. The summed E-state index contributed by atoms with van der Waals surface area (Å²) in [5.74, 6) is 1.29. The van der Waals surface area contributed by atoms with Crippen molar-refractivity contribution in [2.45, 2.75) is 39.3 Å². The predicted molar refractivity (Wildman–Crippen MR) is 104 cm³/mol. The molecule has 27 heavy (non-hydrogen) atoms. The molecule has 0 saturated heterocycles. The van der Waals surface area contributed by atoms with E-state index in [1.807, 2.05) is 33.2 Å². The molecule has 1 heterocycles. The molecule has 0 amide bonds. The Kier molecular flexibility index (Phi) is 6.32. The highest BCUT2D eigenvalue weighted by atomic mass is 19.1. The minimum Gasteiger partial charge on any atom is -0.490 e. The van der Waals surface area contributed by atoms with E-state index >= 15 is 0 Å². The quantitative estimate of drug-likeness (QED) is 0.551. The first kappa shape index (κ1) is 19.2. The Labute approximate surface area is 159 Å². The average molecular weight is 373 g/mol. The molecule has 1 saturated carbocycles. The molecule has 0 spiro atoms. The maximum atomic E-state index is 14.3. The second-order valence-electron chi connectivity index (χ2n) is 7.03. The van der Waals surface area contributed by atoms with Gasteiger partial charge in [-0.3, -0.25) is 4.68 Å². The van der Waals surface area contributed by atoms with Gasteiger partial charge in [0.1, 0.15) is 0 Å². The van der Waals surface area contributed by atoms with E-state index < -0.39 is 0 Å². The number of hydrogen-bond donors (Lipinski definition) is 2. The molecule has 1 aromatic heterocycles. The second-order valence-corrected chi connectivity index (χ2v) is 7.03. The number of nitrogens with one attached hydrogen (secondary N) is 2. The lowest BCUT2D eigenvalue weighted by Gasteiger charge is -2.19. The molecule has 0 bridgehead atoms. The molecule has 3 rings (SSSR count). The zero-order valence-electron chi connectivity index (χ0n) is 16.2. The number of aromatic nitrogens is 2. The van der Waals surface area contributed by atoms with Crippen molar-refractivity contribution in [1.82, 2.24) is 20.4 Å². The van der Waals surface area contributed by atoms with E-state index in [4.69, 9.17) is 4.74 Å². The van der Waals surface area contributed by atoms with Crippen LogP contribution in [0.15, 0.2) is 35.6 Å². The fraction of sp³-hybridized carbons (Fsp3) is 0.500. The Bertz CT molecular complexity index is 784. The van der Waals surface area contributed by atoms with E-state index in [0.717, 1.165) is 17.7 Å². The molecule has 0 aliphatic heterocycles. The first-order valence-corrected chi connectivity index (χ1v) is 9.49.